The number of ether oxygens (including phenoxy) is 2. The van der Waals surface area contributed by atoms with E-state index in [-0.39, 0.29) is 13.2 Å². The van der Waals surface area contributed by atoms with Crippen molar-refractivity contribution in [2.75, 3.05) is 24.7 Å². The Labute approximate surface area is 159 Å². The number of para-hydroxylation sites is 2. The van der Waals surface area contributed by atoms with Crippen LogP contribution in [0.5, 0.6) is 0 Å². The van der Waals surface area contributed by atoms with Crippen LogP contribution in [-0.2, 0) is 24.5 Å². The zero-order valence-corrected chi connectivity index (χ0v) is 15.6. The highest BCUT2D eigenvalue weighted by Gasteiger charge is 2.57. The summed E-state index contributed by atoms with van der Waals surface area (Å²) in [5, 5.41) is 0. The first-order valence-corrected chi connectivity index (χ1v) is 9.04. The van der Waals surface area contributed by atoms with Gasteiger partial charge in [0.2, 0.25) is 5.41 Å². The summed E-state index contributed by atoms with van der Waals surface area (Å²) in [6.45, 7) is 8.21. The fourth-order valence-electron chi connectivity index (χ4n) is 3.67. The van der Waals surface area contributed by atoms with Crippen LogP contribution in [0.3, 0.4) is 0 Å². The minimum absolute atomic E-state index is 0.0157. The van der Waals surface area contributed by atoms with E-state index in [1.54, 1.807) is 19.1 Å². The zero-order chi connectivity index (χ0) is 19.4. The maximum absolute atomic E-state index is 13.3. The van der Waals surface area contributed by atoms with Gasteiger partial charge in [0, 0.05) is 29.0 Å². The van der Waals surface area contributed by atoms with Gasteiger partial charge < -0.3 is 14.4 Å². The van der Waals surface area contributed by atoms with Gasteiger partial charge in [-0.2, -0.15) is 0 Å². The molecule has 0 fully saturated rings. The van der Waals surface area contributed by atoms with Crippen molar-refractivity contribution in [3.8, 4) is 0 Å². The molecule has 2 aromatic carbocycles. The van der Waals surface area contributed by atoms with Gasteiger partial charge in [-0.05, 0) is 26.0 Å². The molecule has 3 rings (SSSR count). The fraction of sp³-hybridized carbons (Fsp3) is 0.273. The summed E-state index contributed by atoms with van der Waals surface area (Å²) in [6, 6.07) is 14.8. The summed E-state index contributed by atoms with van der Waals surface area (Å²) in [5.74, 6) is -1.29. The van der Waals surface area contributed by atoms with Crippen LogP contribution in [0.15, 0.2) is 61.2 Å². The molecule has 27 heavy (non-hydrogen) atoms. The van der Waals surface area contributed by atoms with E-state index in [1.807, 2.05) is 43.3 Å². The van der Waals surface area contributed by atoms with E-state index in [0.29, 0.717) is 17.7 Å². The van der Waals surface area contributed by atoms with Crippen LogP contribution in [0, 0.1) is 0 Å². The normalized spacial score (nSPS) is 13.9. The Balaban J connectivity index is 2.36. The molecule has 1 aliphatic heterocycles. The number of carbonyl (C=O) groups is 2. The van der Waals surface area contributed by atoms with Gasteiger partial charge in [0.1, 0.15) is 6.61 Å². The van der Waals surface area contributed by atoms with E-state index in [1.165, 1.54) is 6.08 Å². The van der Waals surface area contributed by atoms with Gasteiger partial charge in [-0.1, -0.05) is 49.1 Å². The third-order valence-corrected chi connectivity index (χ3v) is 4.73. The monoisotopic (exact) mass is 365 g/mol. The average molecular weight is 365 g/mol. The third-order valence-electron chi connectivity index (χ3n) is 4.73. The minimum Gasteiger partial charge on any atom is -0.465 e. The van der Waals surface area contributed by atoms with Crippen LogP contribution >= 0.6 is 0 Å². The van der Waals surface area contributed by atoms with Crippen molar-refractivity contribution in [2.45, 2.75) is 19.3 Å². The molecule has 5 nitrogen and oxygen atoms in total. The number of fused-ring (bicyclic) bond motifs is 2. The number of hydrogen-bond acceptors (Lipinski definition) is 5. The lowest BCUT2D eigenvalue weighted by Gasteiger charge is -2.41. The van der Waals surface area contributed by atoms with Crippen LogP contribution in [0.2, 0.25) is 0 Å². The standard InChI is InChI=1S/C22H23NO4/c1-4-15-27-21(25)22(20(24)26-6-3)16-11-7-9-13-18(16)23(5-2)19-14-10-8-12-17(19)22/h4,7-14H,1,5-6,15H2,2-3H3. The Hall–Kier alpha value is -3.08. The molecule has 0 saturated heterocycles. The van der Waals surface area contributed by atoms with Crippen molar-refractivity contribution in [3.63, 3.8) is 0 Å². The molecule has 5 heteroatoms. The number of nitrogens with zero attached hydrogens (tertiary/aromatic N) is 1. The van der Waals surface area contributed by atoms with Crippen LogP contribution < -0.4 is 4.90 Å². The summed E-state index contributed by atoms with van der Waals surface area (Å²) < 4.78 is 10.8. The SMILES string of the molecule is C=CCOC(=O)C1(C(=O)OCC)c2ccccc2N(CC)c2ccccc21. The molecule has 0 aromatic heterocycles. The Morgan fingerprint density at radius 2 is 1.48 bits per heavy atom. The van der Waals surface area contributed by atoms with Crippen LogP contribution in [0.25, 0.3) is 0 Å². The quantitative estimate of drug-likeness (QED) is 0.443. The smallest absolute Gasteiger partial charge is 0.333 e. The van der Waals surface area contributed by atoms with E-state index in [0.717, 1.165) is 11.4 Å². The molecule has 0 spiro atoms. The summed E-state index contributed by atoms with van der Waals surface area (Å²) in [5.41, 5.74) is 1.05. The zero-order valence-electron chi connectivity index (χ0n) is 15.6. The first kappa shape index (κ1) is 18.7. The second-order valence-electron chi connectivity index (χ2n) is 6.14. The molecule has 1 aliphatic rings. The first-order valence-electron chi connectivity index (χ1n) is 9.04. The Morgan fingerprint density at radius 1 is 0.963 bits per heavy atom. The number of hydrogen-bond donors (Lipinski definition) is 0. The maximum atomic E-state index is 13.3. The molecule has 1 heterocycles. The highest BCUT2D eigenvalue weighted by molar-refractivity contribution is 6.14. The highest BCUT2D eigenvalue weighted by Crippen LogP contribution is 2.50. The number of esters is 2. The molecule has 0 aliphatic carbocycles. The predicted octanol–water partition coefficient (Wildman–Crippen LogP) is 3.74. The van der Waals surface area contributed by atoms with Gasteiger partial charge in [-0.15, -0.1) is 0 Å². The van der Waals surface area contributed by atoms with Gasteiger partial charge in [0.15, 0.2) is 0 Å². The molecule has 0 bridgehead atoms. The largest absolute Gasteiger partial charge is 0.465 e. The van der Waals surface area contributed by atoms with E-state index < -0.39 is 17.4 Å². The molecule has 140 valence electrons. The van der Waals surface area contributed by atoms with Crippen molar-refractivity contribution in [1.29, 1.82) is 0 Å². The van der Waals surface area contributed by atoms with E-state index in [2.05, 4.69) is 11.5 Å². The Kier molecular flexibility index (Phi) is 5.31. The van der Waals surface area contributed by atoms with Crippen molar-refractivity contribution in [1.82, 2.24) is 0 Å². The van der Waals surface area contributed by atoms with Gasteiger partial charge >= 0.3 is 11.9 Å². The molecule has 0 atom stereocenters. The van der Waals surface area contributed by atoms with Gasteiger partial charge in [-0.25, -0.2) is 0 Å². The molecular formula is C22H23NO4. The van der Waals surface area contributed by atoms with E-state index in [4.69, 9.17) is 9.47 Å². The Bertz CT molecular complexity index is 827. The first-order chi connectivity index (χ1) is 13.1. The number of carbonyl (C=O) groups excluding carboxylic acids is 2. The highest BCUT2D eigenvalue weighted by atomic mass is 16.6. The molecule has 0 N–H and O–H groups in total. The maximum Gasteiger partial charge on any atom is 0.333 e. The van der Waals surface area contributed by atoms with E-state index in [9.17, 15) is 9.59 Å². The van der Waals surface area contributed by atoms with Crippen molar-refractivity contribution in [2.24, 2.45) is 0 Å². The van der Waals surface area contributed by atoms with Crippen LogP contribution in [0.1, 0.15) is 25.0 Å². The molecule has 2 aromatic rings. The summed E-state index contributed by atoms with van der Waals surface area (Å²) in [7, 11) is 0. The predicted molar refractivity (Wildman–Crippen MR) is 104 cm³/mol. The molecule has 0 unspecified atom stereocenters. The second kappa shape index (κ2) is 7.66. The Morgan fingerprint density at radius 3 is 1.96 bits per heavy atom. The van der Waals surface area contributed by atoms with Crippen molar-refractivity contribution < 1.29 is 19.1 Å². The fourth-order valence-corrected chi connectivity index (χ4v) is 3.67. The molecule has 0 radical (unpaired) electrons. The summed E-state index contributed by atoms with van der Waals surface area (Å²) in [6.07, 6.45) is 1.48. The summed E-state index contributed by atoms with van der Waals surface area (Å²) in [4.78, 5) is 28.7. The second-order valence-corrected chi connectivity index (χ2v) is 6.14. The van der Waals surface area contributed by atoms with Crippen molar-refractivity contribution >= 4 is 23.3 Å². The number of rotatable bonds is 6. The topological polar surface area (TPSA) is 55.8 Å². The molecule has 0 saturated carbocycles. The van der Waals surface area contributed by atoms with Gasteiger partial charge in [-0.3, -0.25) is 9.59 Å². The number of anilines is 2. The average Bonchev–Trinajstić information content (AvgIpc) is 2.70. The lowest BCUT2D eigenvalue weighted by Crippen LogP contribution is -2.50. The van der Waals surface area contributed by atoms with Gasteiger partial charge in [0.05, 0.1) is 6.61 Å². The lowest BCUT2D eigenvalue weighted by molar-refractivity contribution is -0.161. The third kappa shape index (κ3) is 2.79. The lowest BCUT2D eigenvalue weighted by atomic mass is 9.70. The summed E-state index contributed by atoms with van der Waals surface area (Å²) >= 11 is 0. The minimum atomic E-state index is -1.67. The molecule has 0 amide bonds. The van der Waals surface area contributed by atoms with Crippen LogP contribution in [-0.4, -0.2) is 31.7 Å². The van der Waals surface area contributed by atoms with Crippen LogP contribution in [0.4, 0.5) is 11.4 Å². The number of benzene rings is 2. The molecular weight excluding hydrogens is 342 g/mol. The van der Waals surface area contributed by atoms with Gasteiger partial charge in [0.25, 0.3) is 0 Å². The van der Waals surface area contributed by atoms with Crippen molar-refractivity contribution in [3.05, 3.63) is 72.3 Å². The van der Waals surface area contributed by atoms with E-state index >= 15 is 0 Å².